The number of carbonyl (C=O) groups excluding carboxylic acids is 1. The molecule has 2 aromatic rings. The molecule has 0 bridgehead atoms. The van der Waals surface area contributed by atoms with Crippen molar-refractivity contribution >= 4 is 34.1 Å². The molecule has 0 amide bonds. The maximum absolute atomic E-state index is 12.6. The second-order valence-corrected chi connectivity index (χ2v) is 6.16. The number of halogens is 1. The highest BCUT2D eigenvalue weighted by molar-refractivity contribution is 9.09. The average molecular weight is 382 g/mol. The Morgan fingerprint density at radius 2 is 1.86 bits per heavy atom. The molecule has 0 radical (unpaired) electrons. The molecule has 4 nitrogen and oxygen atoms in total. The van der Waals surface area contributed by atoms with Crippen LogP contribution in [0.4, 0.5) is 0 Å². The number of benzene rings is 1. The zero-order valence-corrected chi connectivity index (χ0v) is 14.6. The van der Waals surface area contributed by atoms with Gasteiger partial charge in [0.15, 0.2) is 5.60 Å². The van der Waals surface area contributed by atoms with Gasteiger partial charge in [-0.3, -0.25) is 0 Å². The van der Waals surface area contributed by atoms with Gasteiger partial charge in [-0.05, 0) is 24.6 Å². The van der Waals surface area contributed by atoms with Crippen LogP contribution in [0.3, 0.4) is 0 Å². The lowest BCUT2D eigenvalue weighted by Crippen LogP contribution is -2.46. The molecule has 116 valence electrons. The third kappa shape index (κ3) is 3.45. The number of pyridine rings is 1. The van der Waals surface area contributed by atoms with Gasteiger partial charge in [0, 0.05) is 13.3 Å². The van der Waals surface area contributed by atoms with Crippen molar-refractivity contribution in [1.82, 2.24) is 4.73 Å². The summed E-state index contributed by atoms with van der Waals surface area (Å²) in [5.41, 5.74) is -0.285. The molecule has 0 aliphatic rings. The highest BCUT2D eigenvalue weighted by Gasteiger charge is 2.43. The minimum Gasteiger partial charge on any atom is -0.365 e. The molecule has 1 aromatic carbocycles. The van der Waals surface area contributed by atoms with Gasteiger partial charge in [0.2, 0.25) is 0 Å². The van der Waals surface area contributed by atoms with E-state index in [0.29, 0.717) is 4.64 Å². The second-order valence-electron chi connectivity index (χ2n) is 4.83. The topological polar surface area (TPSA) is 40.5 Å². The first-order valence-corrected chi connectivity index (χ1v) is 7.96. The van der Waals surface area contributed by atoms with Crippen LogP contribution in [0, 0.1) is 4.64 Å². The molecule has 22 heavy (non-hydrogen) atoms. The predicted molar refractivity (Wildman–Crippen MR) is 90.4 cm³/mol. The minimum atomic E-state index is -1.20. The lowest BCUT2D eigenvalue weighted by atomic mass is 9.96. The highest BCUT2D eigenvalue weighted by atomic mass is 79.9. The number of alkyl halides is 1. The summed E-state index contributed by atoms with van der Waals surface area (Å²) in [6.45, 7) is 1.67. The maximum atomic E-state index is 12.6. The summed E-state index contributed by atoms with van der Waals surface area (Å²) >= 11 is 8.66. The number of carbonyl (C=O) groups is 1. The van der Waals surface area contributed by atoms with Crippen molar-refractivity contribution in [2.45, 2.75) is 17.4 Å². The predicted octanol–water partition coefficient (Wildman–Crippen LogP) is 3.71. The van der Waals surface area contributed by atoms with Crippen molar-refractivity contribution in [3.63, 3.8) is 0 Å². The molecule has 6 heteroatoms. The van der Waals surface area contributed by atoms with Crippen molar-refractivity contribution in [3.05, 3.63) is 64.9 Å². The van der Waals surface area contributed by atoms with Crippen LogP contribution in [-0.4, -0.2) is 23.4 Å². The Morgan fingerprint density at radius 3 is 2.45 bits per heavy atom. The number of hydrogen-bond acceptors (Lipinski definition) is 4. The quantitative estimate of drug-likeness (QED) is 0.584. The minimum absolute atomic E-state index is 0.364. The number of ether oxygens (including phenoxy) is 1. The van der Waals surface area contributed by atoms with E-state index >= 15 is 0 Å². The van der Waals surface area contributed by atoms with Crippen molar-refractivity contribution < 1.29 is 14.4 Å². The molecule has 0 spiro atoms. The van der Waals surface area contributed by atoms with Crippen molar-refractivity contribution in [2.75, 3.05) is 7.11 Å². The summed E-state index contributed by atoms with van der Waals surface area (Å²) < 4.78 is 7.11. The fraction of sp³-hybridized carbons (Fsp3) is 0.250. The molecule has 2 unspecified atom stereocenters. The third-order valence-corrected chi connectivity index (χ3v) is 5.09. The number of aromatic nitrogens is 1. The van der Waals surface area contributed by atoms with Gasteiger partial charge < -0.3 is 9.57 Å². The first-order chi connectivity index (χ1) is 10.5. The third-order valence-electron chi connectivity index (χ3n) is 3.38. The van der Waals surface area contributed by atoms with Gasteiger partial charge in [0.25, 0.3) is 0 Å². The summed E-state index contributed by atoms with van der Waals surface area (Å²) in [5.74, 6) is -0.539. The molecule has 0 fully saturated rings. The lowest BCUT2D eigenvalue weighted by Gasteiger charge is -2.30. The van der Waals surface area contributed by atoms with Gasteiger partial charge >= 0.3 is 5.97 Å². The Labute approximate surface area is 142 Å². The molecular formula is C16H16BrNO3S. The molecule has 1 heterocycles. The van der Waals surface area contributed by atoms with Crippen molar-refractivity contribution in [2.24, 2.45) is 0 Å². The average Bonchev–Trinajstić information content (AvgIpc) is 2.56. The van der Waals surface area contributed by atoms with Gasteiger partial charge in [-0.25, -0.2) is 4.79 Å². The van der Waals surface area contributed by atoms with E-state index in [-0.39, 0.29) is 4.83 Å². The fourth-order valence-electron chi connectivity index (χ4n) is 1.90. The SMILES string of the molecule is COC(C)(C(=O)On1ccccc1=S)C(Br)c1ccccc1. The molecule has 2 atom stereocenters. The van der Waals surface area contributed by atoms with E-state index in [9.17, 15) is 4.79 Å². The molecule has 0 saturated heterocycles. The molecule has 0 saturated carbocycles. The summed E-state index contributed by atoms with van der Waals surface area (Å²) in [7, 11) is 1.47. The van der Waals surface area contributed by atoms with Gasteiger partial charge in [-0.1, -0.05) is 64.5 Å². The lowest BCUT2D eigenvalue weighted by molar-refractivity contribution is -0.167. The monoisotopic (exact) mass is 381 g/mol. The van der Waals surface area contributed by atoms with Crippen LogP contribution in [0.25, 0.3) is 0 Å². The maximum Gasteiger partial charge on any atom is 0.365 e. The first kappa shape index (κ1) is 16.9. The second kappa shape index (κ2) is 7.17. The number of nitrogens with zero attached hydrogens (tertiary/aromatic N) is 1. The van der Waals surface area contributed by atoms with E-state index < -0.39 is 11.6 Å². The largest absolute Gasteiger partial charge is 0.365 e. The van der Waals surface area contributed by atoms with Crippen LogP contribution >= 0.6 is 28.1 Å². The standard InChI is InChI=1S/C16H16BrNO3S/c1-16(20-2,14(17)12-8-4-3-5-9-12)15(19)21-18-11-7-6-10-13(18)22/h3-11,14H,1-2H3. The summed E-state index contributed by atoms with van der Waals surface area (Å²) in [6, 6.07) is 14.7. The van der Waals surface area contributed by atoms with Crippen molar-refractivity contribution in [1.29, 1.82) is 0 Å². The number of hydrogen-bond donors (Lipinski definition) is 0. The van der Waals surface area contributed by atoms with E-state index in [4.69, 9.17) is 21.8 Å². The Bertz CT molecular complexity index is 704. The van der Waals surface area contributed by atoms with Crippen LogP contribution in [0.5, 0.6) is 0 Å². The van der Waals surface area contributed by atoms with Gasteiger partial charge in [0.1, 0.15) is 4.64 Å². The van der Waals surface area contributed by atoms with Crippen LogP contribution in [-0.2, 0) is 9.53 Å². The fourth-order valence-corrected chi connectivity index (χ4v) is 2.75. The molecular weight excluding hydrogens is 366 g/mol. The number of rotatable bonds is 5. The first-order valence-electron chi connectivity index (χ1n) is 6.63. The van der Waals surface area contributed by atoms with E-state index in [2.05, 4.69) is 15.9 Å². The van der Waals surface area contributed by atoms with Gasteiger partial charge in [-0.15, -0.1) is 0 Å². The molecule has 1 aromatic heterocycles. The molecule has 2 rings (SSSR count). The van der Waals surface area contributed by atoms with E-state index in [0.717, 1.165) is 5.56 Å². The molecule has 0 aliphatic heterocycles. The molecule has 0 N–H and O–H groups in total. The Morgan fingerprint density at radius 1 is 1.23 bits per heavy atom. The molecule has 0 aliphatic carbocycles. The van der Waals surface area contributed by atoms with Crippen LogP contribution in [0.1, 0.15) is 17.3 Å². The summed E-state index contributed by atoms with van der Waals surface area (Å²) in [4.78, 5) is 17.6. The van der Waals surface area contributed by atoms with Gasteiger partial charge in [0.05, 0.1) is 4.83 Å². The van der Waals surface area contributed by atoms with Crippen LogP contribution in [0.15, 0.2) is 54.7 Å². The van der Waals surface area contributed by atoms with Crippen LogP contribution < -0.4 is 4.84 Å². The Kier molecular flexibility index (Phi) is 5.50. The van der Waals surface area contributed by atoms with E-state index in [1.165, 1.54) is 11.8 Å². The number of methoxy groups -OCH3 is 1. The van der Waals surface area contributed by atoms with E-state index in [1.807, 2.05) is 30.3 Å². The van der Waals surface area contributed by atoms with Crippen molar-refractivity contribution in [3.8, 4) is 0 Å². The zero-order valence-electron chi connectivity index (χ0n) is 12.2. The summed E-state index contributed by atoms with van der Waals surface area (Å²) in [6.07, 6.45) is 1.59. The van der Waals surface area contributed by atoms with E-state index in [1.54, 1.807) is 31.3 Å². The smallest absolute Gasteiger partial charge is 0.365 e. The van der Waals surface area contributed by atoms with Crippen LogP contribution in [0.2, 0.25) is 0 Å². The normalized spacial score (nSPS) is 14.9. The highest BCUT2D eigenvalue weighted by Crippen LogP contribution is 2.36. The Hall–Kier alpha value is -1.50. The Balaban J connectivity index is 2.28. The van der Waals surface area contributed by atoms with Gasteiger partial charge in [-0.2, -0.15) is 4.73 Å². The zero-order chi connectivity index (χ0) is 16.2. The summed E-state index contributed by atoms with van der Waals surface area (Å²) in [5, 5.41) is 0.